The van der Waals surface area contributed by atoms with Crippen molar-refractivity contribution in [2.24, 2.45) is 5.92 Å². The molecular formula is C22H31ClN2O6. The van der Waals surface area contributed by atoms with Crippen molar-refractivity contribution in [2.75, 3.05) is 13.2 Å². The summed E-state index contributed by atoms with van der Waals surface area (Å²) in [5.41, 5.74) is 0.715. The summed E-state index contributed by atoms with van der Waals surface area (Å²) in [5.74, 6) is -2.24. The highest BCUT2D eigenvalue weighted by molar-refractivity contribution is 6.30. The molecule has 1 rings (SSSR count). The summed E-state index contributed by atoms with van der Waals surface area (Å²) in [6.45, 7) is 7.25. The van der Waals surface area contributed by atoms with E-state index in [1.807, 2.05) is 0 Å². The molecule has 31 heavy (non-hydrogen) atoms. The van der Waals surface area contributed by atoms with E-state index in [0.717, 1.165) is 0 Å². The Bertz CT molecular complexity index is 768. The van der Waals surface area contributed by atoms with Gasteiger partial charge in [0, 0.05) is 11.4 Å². The molecule has 2 N–H and O–H groups in total. The van der Waals surface area contributed by atoms with Crippen molar-refractivity contribution >= 4 is 35.4 Å². The number of hydrogen-bond donors (Lipinski definition) is 2. The van der Waals surface area contributed by atoms with Crippen LogP contribution in [0.4, 0.5) is 0 Å². The third-order valence-corrected chi connectivity index (χ3v) is 4.58. The molecule has 2 amide bonds. The van der Waals surface area contributed by atoms with Crippen LogP contribution in [-0.4, -0.2) is 49.1 Å². The molecule has 0 aliphatic heterocycles. The Morgan fingerprint density at radius 3 is 2.29 bits per heavy atom. The standard InChI is InChI=1S/C22H31ClN2O6/c1-5-30-19(27)11-10-17(22(29)31-6-2)24-21(28)20(14(3)4)25-18(26)13-15-8-7-9-16(23)12-15/h7-9,12,14,17,20H,5-6,10-11,13H2,1-4H3,(H,24,28)(H,25,26)/t17-,20+/m1/s1. The number of halogens is 1. The summed E-state index contributed by atoms with van der Waals surface area (Å²) in [5, 5.41) is 5.83. The number of ether oxygens (including phenoxy) is 2. The average molecular weight is 455 g/mol. The first-order chi connectivity index (χ1) is 14.7. The van der Waals surface area contributed by atoms with Crippen LogP contribution in [0.2, 0.25) is 5.02 Å². The van der Waals surface area contributed by atoms with Crippen molar-refractivity contribution in [1.29, 1.82) is 0 Å². The highest BCUT2D eigenvalue weighted by atomic mass is 35.5. The molecule has 0 bridgehead atoms. The molecule has 0 spiro atoms. The van der Waals surface area contributed by atoms with Crippen LogP contribution >= 0.6 is 11.6 Å². The molecule has 1 aromatic rings. The van der Waals surface area contributed by atoms with Gasteiger partial charge < -0.3 is 20.1 Å². The molecule has 0 saturated carbocycles. The first-order valence-corrected chi connectivity index (χ1v) is 10.7. The van der Waals surface area contributed by atoms with E-state index in [9.17, 15) is 19.2 Å². The average Bonchev–Trinajstić information content (AvgIpc) is 2.69. The maximum atomic E-state index is 12.8. The lowest BCUT2D eigenvalue weighted by atomic mass is 10.0. The number of amides is 2. The molecule has 0 unspecified atom stereocenters. The normalized spacial score (nSPS) is 12.6. The zero-order chi connectivity index (χ0) is 23.4. The van der Waals surface area contributed by atoms with Crippen LogP contribution in [0.1, 0.15) is 46.1 Å². The predicted molar refractivity (Wildman–Crippen MR) is 116 cm³/mol. The highest BCUT2D eigenvalue weighted by Gasteiger charge is 2.29. The van der Waals surface area contributed by atoms with Gasteiger partial charge in [0.2, 0.25) is 11.8 Å². The van der Waals surface area contributed by atoms with Crippen molar-refractivity contribution < 1.29 is 28.7 Å². The Kier molecular flexibility index (Phi) is 11.6. The van der Waals surface area contributed by atoms with Gasteiger partial charge in [-0.15, -0.1) is 0 Å². The molecular weight excluding hydrogens is 424 g/mol. The van der Waals surface area contributed by atoms with Gasteiger partial charge in [0.05, 0.1) is 19.6 Å². The molecule has 1 aromatic carbocycles. The van der Waals surface area contributed by atoms with E-state index in [1.54, 1.807) is 52.0 Å². The molecule has 0 heterocycles. The second-order valence-corrected chi connectivity index (χ2v) is 7.69. The smallest absolute Gasteiger partial charge is 0.328 e. The Morgan fingerprint density at radius 2 is 1.71 bits per heavy atom. The number of hydrogen-bond acceptors (Lipinski definition) is 6. The van der Waals surface area contributed by atoms with Crippen LogP contribution in [0.25, 0.3) is 0 Å². The minimum atomic E-state index is -1.03. The number of benzene rings is 1. The quantitative estimate of drug-likeness (QED) is 0.469. The lowest BCUT2D eigenvalue weighted by Gasteiger charge is -2.25. The Balaban J connectivity index is 2.81. The minimum absolute atomic E-state index is 0.0324. The number of carbonyl (C=O) groups excluding carboxylic acids is 4. The molecule has 8 nitrogen and oxygen atoms in total. The number of esters is 2. The van der Waals surface area contributed by atoms with E-state index < -0.39 is 29.9 Å². The van der Waals surface area contributed by atoms with Crippen LogP contribution in [0.3, 0.4) is 0 Å². The van der Waals surface area contributed by atoms with Crippen molar-refractivity contribution in [3.05, 3.63) is 34.9 Å². The third-order valence-electron chi connectivity index (χ3n) is 4.35. The van der Waals surface area contributed by atoms with Gasteiger partial charge >= 0.3 is 11.9 Å². The van der Waals surface area contributed by atoms with E-state index in [1.165, 1.54) is 0 Å². The molecule has 0 aliphatic rings. The second kappa shape index (κ2) is 13.6. The topological polar surface area (TPSA) is 111 Å². The van der Waals surface area contributed by atoms with Gasteiger partial charge in [0.25, 0.3) is 0 Å². The maximum Gasteiger partial charge on any atom is 0.328 e. The zero-order valence-electron chi connectivity index (χ0n) is 18.4. The van der Waals surface area contributed by atoms with E-state index >= 15 is 0 Å². The molecule has 2 atom stereocenters. The molecule has 9 heteroatoms. The fourth-order valence-corrected chi connectivity index (χ4v) is 3.05. The van der Waals surface area contributed by atoms with Crippen LogP contribution in [0, 0.1) is 5.92 Å². The van der Waals surface area contributed by atoms with E-state index in [0.29, 0.717) is 10.6 Å². The number of rotatable bonds is 12. The van der Waals surface area contributed by atoms with Gasteiger partial charge in [-0.25, -0.2) is 4.79 Å². The Morgan fingerprint density at radius 1 is 1.03 bits per heavy atom. The molecule has 172 valence electrons. The Labute approximate surface area is 188 Å². The summed E-state index contributed by atoms with van der Waals surface area (Å²) in [4.78, 5) is 49.2. The SMILES string of the molecule is CCOC(=O)CC[C@@H](NC(=O)[C@@H](NC(=O)Cc1cccc(Cl)c1)C(C)C)C(=O)OCC. The fourth-order valence-electron chi connectivity index (χ4n) is 2.84. The summed E-state index contributed by atoms with van der Waals surface area (Å²) < 4.78 is 9.87. The first kappa shape index (κ1) is 26.4. The van der Waals surface area contributed by atoms with Crippen LogP contribution in [-0.2, 0) is 35.1 Å². The summed E-state index contributed by atoms with van der Waals surface area (Å²) in [6, 6.07) is 5.00. The maximum absolute atomic E-state index is 12.8. The summed E-state index contributed by atoms with van der Waals surface area (Å²) in [6.07, 6.45) is 0.0387. The predicted octanol–water partition coefficient (Wildman–Crippen LogP) is 2.41. The van der Waals surface area contributed by atoms with Crippen LogP contribution < -0.4 is 10.6 Å². The minimum Gasteiger partial charge on any atom is -0.466 e. The van der Waals surface area contributed by atoms with Crippen molar-refractivity contribution in [3.8, 4) is 0 Å². The van der Waals surface area contributed by atoms with E-state index in [4.69, 9.17) is 21.1 Å². The van der Waals surface area contributed by atoms with Gasteiger partial charge in [-0.3, -0.25) is 14.4 Å². The fraction of sp³-hybridized carbons (Fsp3) is 0.545. The highest BCUT2D eigenvalue weighted by Crippen LogP contribution is 2.12. The summed E-state index contributed by atoms with van der Waals surface area (Å²) >= 11 is 5.95. The largest absolute Gasteiger partial charge is 0.466 e. The van der Waals surface area contributed by atoms with Crippen molar-refractivity contribution in [3.63, 3.8) is 0 Å². The van der Waals surface area contributed by atoms with E-state index in [-0.39, 0.29) is 44.3 Å². The first-order valence-electron chi connectivity index (χ1n) is 10.3. The molecule has 0 aromatic heterocycles. The van der Waals surface area contributed by atoms with Crippen LogP contribution in [0.5, 0.6) is 0 Å². The number of carbonyl (C=O) groups is 4. The van der Waals surface area contributed by atoms with Crippen LogP contribution in [0.15, 0.2) is 24.3 Å². The summed E-state index contributed by atoms with van der Waals surface area (Å²) in [7, 11) is 0. The third kappa shape index (κ3) is 9.83. The van der Waals surface area contributed by atoms with Gasteiger partial charge in [0.15, 0.2) is 0 Å². The molecule has 0 aliphatic carbocycles. The monoisotopic (exact) mass is 454 g/mol. The van der Waals surface area contributed by atoms with Gasteiger partial charge in [-0.05, 0) is 43.9 Å². The molecule has 0 radical (unpaired) electrons. The number of nitrogens with one attached hydrogen (secondary N) is 2. The molecule has 0 saturated heterocycles. The zero-order valence-corrected chi connectivity index (χ0v) is 19.2. The van der Waals surface area contributed by atoms with Gasteiger partial charge in [-0.2, -0.15) is 0 Å². The Hall–Kier alpha value is -2.61. The lowest BCUT2D eigenvalue weighted by molar-refractivity contribution is -0.149. The van der Waals surface area contributed by atoms with E-state index in [2.05, 4.69) is 10.6 Å². The van der Waals surface area contributed by atoms with Crippen molar-refractivity contribution in [1.82, 2.24) is 10.6 Å². The lowest BCUT2D eigenvalue weighted by Crippen LogP contribution is -2.54. The van der Waals surface area contributed by atoms with Gasteiger partial charge in [0.1, 0.15) is 12.1 Å². The van der Waals surface area contributed by atoms with Gasteiger partial charge in [-0.1, -0.05) is 37.6 Å². The van der Waals surface area contributed by atoms with Crippen molar-refractivity contribution in [2.45, 2.75) is 59.0 Å². The molecule has 0 fully saturated rings. The second-order valence-electron chi connectivity index (χ2n) is 7.25.